The molecule has 0 saturated carbocycles. The van der Waals surface area contributed by atoms with E-state index in [2.05, 4.69) is 0 Å². The fourth-order valence-corrected chi connectivity index (χ4v) is 4.58. The molecule has 2 bridgehead atoms. The van der Waals surface area contributed by atoms with E-state index in [9.17, 15) is 0 Å². The van der Waals surface area contributed by atoms with Crippen LogP contribution in [0.15, 0.2) is 60.7 Å². The van der Waals surface area contributed by atoms with Crippen molar-refractivity contribution in [3.8, 4) is 11.5 Å². The van der Waals surface area contributed by atoms with Gasteiger partial charge in [-0.1, -0.05) is 36.4 Å². The van der Waals surface area contributed by atoms with Crippen molar-refractivity contribution < 1.29 is 27.1 Å². The normalized spacial score (nSPS) is 25.1. The van der Waals surface area contributed by atoms with Crippen LogP contribution >= 0.6 is 17.2 Å². The van der Waals surface area contributed by atoms with Crippen molar-refractivity contribution in [1.29, 1.82) is 0 Å². The minimum absolute atomic E-state index is 0.289. The highest BCUT2D eigenvalue weighted by Gasteiger charge is 2.51. The number of hydrogen-bond donors (Lipinski definition) is 0. The Morgan fingerprint density at radius 3 is 1.88 bits per heavy atom. The maximum absolute atomic E-state index is 5.90. The van der Waals surface area contributed by atoms with E-state index in [4.69, 9.17) is 27.1 Å². The summed E-state index contributed by atoms with van der Waals surface area (Å²) in [6.07, 6.45) is 0. The Morgan fingerprint density at radius 2 is 1.42 bits per heavy atom. The minimum atomic E-state index is -1.63. The predicted octanol–water partition coefficient (Wildman–Crippen LogP) is 4.43. The van der Waals surface area contributed by atoms with Gasteiger partial charge in [-0.3, -0.25) is 9.05 Å². The van der Waals surface area contributed by atoms with E-state index in [1.54, 1.807) is 0 Å². The van der Waals surface area contributed by atoms with E-state index in [1.807, 2.05) is 60.7 Å². The minimum Gasteiger partial charge on any atom is -0.418 e. The maximum atomic E-state index is 5.90. The van der Waals surface area contributed by atoms with Crippen LogP contribution in [0.25, 0.3) is 0 Å². The molecular weight excluding hydrogens is 350 g/mol. The Kier molecular flexibility index (Phi) is 4.95. The number of para-hydroxylation sites is 2. The molecule has 0 atom stereocenters. The Hall–Kier alpha value is -1.26. The highest BCUT2D eigenvalue weighted by atomic mass is 31.2. The number of fused-ring (bicyclic) bond motifs is 2. The van der Waals surface area contributed by atoms with Gasteiger partial charge in [0.25, 0.3) is 0 Å². The van der Waals surface area contributed by atoms with E-state index in [1.165, 1.54) is 0 Å². The molecule has 0 aliphatic carbocycles. The lowest BCUT2D eigenvalue weighted by Crippen LogP contribution is -2.39. The average molecular weight is 366 g/mol. The predicted molar refractivity (Wildman–Crippen MR) is 89.7 cm³/mol. The zero-order chi connectivity index (χ0) is 16.2. The van der Waals surface area contributed by atoms with Crippen molar-refractivity contribution >= 4 is 17.2 Å². The monoisotopic (exact) mass is 366 g/mol. The first-order chi connectivity index (χ1) is 11.8. The van der Waals surface area contributed by atoms with Crippen molar-refractivity contribution in [3.63, 3.8) is 0 Å². The zero-order valence-electron chi connectivity index (χ0n) is 12.7. The highest BCUT2D eigenvalue weighted by Crippen LogP contribution is 2.58. The molecule has 126 valence electrons. The molecule has 0 amide bonds. The van der Waals surface area contributed by atoms with Crippen LogP contribution < -0.4 is 9.05 Å². The third-order valence-corrected chi connectivity index (χ3v) is 5.69. The zero-order valence-corrected chi connectivity index (χ0v) is 14.5. The Bertz CT molecular complexity index is 607. The van der Waals surface area contributed by atoms with Crippen molar-refractivity contribution in [2.24, 2.45) is 0 Å². The highest BCUT2D eigenvalue weighted by molar-refractivity contribution is 7.43. The van der Waals surface area contributed by atoms with E-state index in [-0.39, 0.29) is 6.61 Å². The van der Waals surface area contributed by atoms with Crippen molar-refractivity contribution in [2.45, 2.75) is 5.60 Å². The van der Waals surface area contributed by atoms with E-state index < -0.39 is 22.8 Å². The van der Waals surface area contributed by atoms with Gasteiger partial charge in [0, 0.05) is 0 Å². The molecule has 2 heterocycles. The molecule has 2 aromatic carbocycles. The van der Waals surface area contributed by atoms with Gasteiger partial charge < -0.3 is 18.1 Å². The average Bonchev–Trinajstić information content (AvgIpc) is 3.23. The van der Waals surface area contributed by atoms with E-state index in [0.29, 0.717) is 24.7 Å². The lowest BCUT2D eigenvalue weighted by molar-refractivity contribution is 0.0232. The van der Waals surface area contributed by atoms with Crippen molar-refractivity contribution in [1.82, 2.24) is 0 Å². The summed E-state index contributed by atoms with van der Waals surface area (Å²) in [4.78, 5) is 0. The van der Waals surface area contributed by atoms with Crippen LogP contribution in [0.1, 0.15) is 0 Å². The third-order valence-electron chi connectivity index (χ3n) is 3.41. The van der Waals surface area contributed by atoms with Crippen LogP contribution in [0.2, 0.25) is 0 Å². The topological polar surface area (TPSA) is 55.4 Å². The van der Waals surface area contributed by atoms with Gasteiger partial charge in [-0.05, 0) is 24.3 Å². The van der Waals surface area contributed by atoms with E-state index >= 15 is 0 Å². The molecule has 2 fully saturated rings. The smallest absolute Gasteiger partial charge is 0.418 e. The summed E-state index contributed by atoms with van der Waals surface area (Å²) in [6.45, 7) is 1.23. The second-order valence-electron chi connectivity index (χ2n) is 5.35. The van der Waals surface area contributed by atoms with Crippen LogP contribution in [0.3, 0.4) is 0 Å². The first-order valence-corrected chi connectivity index (χ1v) is 9.65. The molecule has 0 N–H and O–H groups in total. The molecule has 2 aliphatic heterocycles. The van der Waals surface area contributed by atoms with Gasteiger partial charge >= 0.3 is 17.2 Å². The third kappa shape index (κ3) is 3.86. The van der Waals surface area contributed by atoms with Gasteiger partial charge in [-0.25, -0.2) is 0 Å². The van der Waals surface area contributed by atoms with Gasteiger partial charge in [0.1, 0.15) is 17.1 Å². The molecule has 2 saturated heterocycles. The summed E-state index contributed by atoms with van der Waals surface area (Å²) >= 11 is 0. The van der Waals surface area contributed by atoms with Gasteiger partial charge in [0.05, 0.1) is 19.8 Å². The molecule has 2 aromatic rings. The standard InChI is InChI=1S/C16H16O6P2/c1-3-7-14(8-4-1)20-24(21-15-9-5-2-6-10-15)19-13-16-11-17-23(22-16)18-12-16/h1-10H,11-13H2. The largest absolute Gasteiger partial charge is 0.463 e. The number of rotatable bonds is 7. The molecule has 0 radical (unpaired) electrons. The molecule has 8 heteroatoms. The number of benzene rings is 2. The van der Waals surface area contributed by atoms with Gasteiger partial charge in [0.15, 0.2) is 0 Å². The molecule has 0 unspecified atom stereocenters. The van der Waals surface area contributed by atoms with Crippen LogP contribution in [0, 0.1) is 0 Å². The molecule has 6 nitrogen and oxygen atoms in total. The summed E-state index contributed by atoms with van der Waals surface area (Å²) < 4.78 is 34.1. The Morgan fingerprint density at radius 1 is 0.875 bits per heavy atom. The Labute approximate surface area is 142 Å². The van der Waals surface area contributed by atoms with Crippen LogP contribution in [0.4, 0.5) is 0 Å². The SMILES string of the molecule is c1ccc(OP(OCC23COP(OC2)O3)Oc2ccccc2)cc1. The quantitative estimate of drug-likeness (QED) is 0.676. The molecular formula is C16H16O6P2. The fourth-order valence-electron chi connectivity index (χ4n) is 2.17. The summed E-state index contributed by atoms with van der Waals surface area (Å²) in [5.41, 5.74) is -0.549. The van der Waals surface area contributed by atoms with Crippen LogP contribution in [-0.2, 0) is 18.1 Å². The lowest BCUT2D eigenvalue weighted by Gasteiger charge is -2.24. The molecule has 24 heavy (non-hydrogen) atoms. The van der Waals surface area contributed by atoms with Crippen molar-refractivity contribution in [3.05, 3.63) is 60.7 Å². The number of hydrogen-bond acceptors (Lipinski definition) is 6. The molecule has 0 spiro atoms. The Balaban J connectivity index is 1.43. The second kappa shape index (κ2) is 7.32. The van der Waals surface area contributed by atoms with Crippen molar-refractivity contribution in [2.75, 3.05) is 19.8 Å². The first kappa shape index (κ1) is 16.2. The fraction of sp³-hybridized carbons (Fsp3) is 0.250. The van der Waals surface area contributed by atoms with Gasteiger partial charge in [-0.15, -0.1) is 0 Å². The summed E-state index contributed by atoms with van der Waals surface area (Å²) in [5.74, 6) is 1.37. The summed E-state index contributed by atoms with van der Waals surface area (Å²) in [7, 11) is -2.83. The summed E-state index contributed by atoms with van der Waals surface area (Å²) in [5, 5.41) is 0. The molecule has 0 aromatic heterocycles. The van der Waals surface area contributed by atoms with Crippen LogP contribution in [-0.4, -0.2) is 25.4 Å². The van der Waals surface area contributed by atoms with Gasteiger partial charge in [-0.2, -0.15) is 0 Å². The molecule has 4 rings (SSSR count). The first-order valence-electron chi connectivity index (χ1n) is 7.46. The second-order valence-corrected chi connectivity index (χ2v) is 7.57. The maximum Gasteiger partial charge on any atom is 0.463 e. The lowest BCUT2D eigenvalue weighted by atomic mass is 10.1. The van der Waals surface area contributed by atoms with E-state index in [0.717, 1.165) is 0 Å². The van der Waals surface area contributed by atoms with Crippen LogP contribution in [0.5, 0.6) is 11.5 Å². The summed E-state index contributed by atoms with van der Waals surface area (Å²) in [6, 6.07) is 18.9. The van der Waals surface area contributed by atoms with Gasteiger partial charge in [0.2, 0.25) is 0 Å². The molecule has 2 aliphatic rings.